The second-order valence-electron chi connectivity index (χ2n) is 6.01. The van der Waals surface area contributed by atoms with Crippen LogP contribution >= 0.6 is 11.8 Å². The number of nitrogens with one attached hydrogen (secondary N) is 1. The van der Waals surface area contributed by atoms with Crippen LogP contribution in [0.3, 0.4) is 0 Å². The van der Waals surface area contributed by atoms with Gasteiger partial charge in [-0.3, -0.25) is 9.69 Å². The van der Waals surface area contributed by atoms with Crippen LogP contribution in [-0.4, -0.2) is 58.2 Å². The number of aliphatic hydroxyl groups is 1. The zero-order chi connectivity index (χ0) is 16.4. The molecule has 0 radical (unpaired) electrons. The highest BCUT2D eigenvalue weighted by Gasteiger charge is 2.53. The normalized spacial score (nSPS) is 25.0. The van der Waals surface area contributed by atoms with Gasteiger partial charge in [-0.15, -0.1) is 0 Å². The fourth-order valence-electron chi connectivity index (χ4n) is 2.76. The summed E-state index contributed by atoms with van der Waals surface area (Å²) in [6, 6.07) is 7.05. The first-order valence-corrected chi connectivity index (χ1v) is 8.75. The van der Waals surface area contributed by atoms with Crippen molar-refractivity contribution in [2.45, 2.75) is 25.0 Å². The van der Waals surface area contributed by atoms with Crippen molar-refractivity contribution < 1.29 is 19.4 Å². The lowest BCUT2D eigenvalue weighted by Gasteiger charge is -2.21. The number of thioether (sulfide) groups is 1. The molecule has 1 aromatic carbocycles. The summed E-state index contributed by atoms with van der Waals surface area (Å²) in [7, 11) is 0. The van der Waals surface area contributed by atoms with Crippen molar-refractivity contribution in [1.82, 2.24) is 10.2 Å². The van der Waals surface area contributed by atoms with E-state index in [0.29, 0.717) is 17.9 Å². The summed E-state index contributed by atoms with van der Waals surface area (Å²) in [5.41, 5.74) is 0.358. The van der Waals surface area contributed by atoms with Crippen LogP contribution in [0.4, 0.5) is 4.79 Å². The van der Waals surface area contributed by atoms with E-state index in [2.05, 4.69) is 5.32 Å². The third kappa shape index (κ3) is 3.30. The lowest BCUT2D eigenvalue weighted by atomic mass is 9.99. The number of hydrogen-bond donors (Lipinski definition) is 2. The number of aliphatic hydroxyl groups excluding tert-OH is 1. The van der Waals surface area contributed by atoms with Gasteiger partial charge in [0.1, 0.15) is 24.0 Å². The van der Waals surface area contributed by atoms with Crippen LogP contribution in [0.15, 0.2) is 24.3 Å². The first kappa shape index (κ1) is 16.1. The molecular formula is C16H20N2O4S. The summed E-state index contributed by atoms with van der Waals surface area (Å²) < 4.78 is 5.50. The first-order chi connectivity index (χ1) is 11.0. The molecule has 2 aliphatic heterocycles. The SMILES string of the molecule is Cc1ccc(OCC(O)CN2C(=O)NC3(CCSC3)C2=O)cc1. The highest BCUT2D eigenvalue weighted by Crippen LogP contribution is 2.33. The molecular weight excluding hydrogens is 316 g/mol. The highest BCUT2D eigenvalue weighted by molar-refractivity contribution is 7.99. The van der Waals surface area contributed by atoms with E-state index in [-0.39, 0.29) is 19.1 Å². The van der Waals surface area contributed by atoms with Crippen LogP contribution in [0.25, 0.3) is 0 Å². The number of aryl methyl sites for hydroxylation is 1. The molecule has 2 atom stereocenters. The molecule has 0 bridgehead atoms. The number of urea groups is 1. The van der Waals surface area contributed by atoms with Gasteiger partial charge in [0.2, 0.25) is 0 Å². The van der Waals surface area contributed by atoms with Gasteiger partial charge in [0, 0.05) is 5.75 Å². The maximum absolute atomic E-state index is 12.5. The predicted octanol–water partition coefficient (Wildman–Crippen LogP) is 1.16. The summed E-state index contributed by atoms with van der Waals surface area (Å²) in [6.07, 6.45) is -0.274. The van der Waals surface area contributed by atoms with E-state index in [4.69, 9.17) is 4.74 Å². The molecule has 2 unspecified atom stereocenters. The molecule has 7 heteroatoms. The average molecular weight is 336 g/mol. The van der Waals surface area contributed by atoms with Gasteiger partial charge in [-0.2, -0.15) is 11.8 Å². The molecule has 3 amide bonds. The van der Waals surface area contributed by atoms with Crippen LogP contribution in [0.1, 0.15) is 12.0 Å². The first-order valence-electron chi connectivity index (χ1n) is 7.60. The number of carbonyl (C=O) groups is 2. The molecule has 0 aliphatic carbocycles. The third-order valence-electron chi connectivity index (χ3n) is 4.12. The van der Waals surface area contributed by atoms with Crippen molar-refractivity contribution in [1.29, 1.82) is 0 Å². The maximum atomic E-state index is 12.5. The number of imide groups is 1. The topological polar surface area (TPSA) is 78.9 Å². The zero-order valence-electron chi connectivity index (χ0n) is 12.9. The standard InChI is InChI=1S/C16H20N2O4S/c1-11-2-4-13(5-3-11)22-9-12(19)8-18-14(20)16(17-15(18)21)6-7-23-10-16/h2-5,12,19H,6-10H2,1H3,(H,17,21). The second kappa shape index (κ2) is 6.41. The Hall–Kier alpha value is -1.73. The number of β-amino-alcohol motifs (C(OH)–C–C–N with tert-alkyl or cyclic N) is 1. The number of hydrogen-bond acceptors (Lipinski definition) is 5. The van der Waals surface area contributed by atoms with E-state index in [1.165, 1.54) is 0 Å². The number of rotatable bonds is 5. The predicted molar refractivity (Wildman–Crippen MR) is 87.6 cm³/mol. The molecule has 2 N–H and O–H groups in total. The Kier molecular flexibility index (Phi) is 4.50. The Morgan fingerprint density at radius 2 is 2.13 bits per heavy atom. The molecule has 0 saturated carbocycles. The van der Waals surface area contributed by atoms with Crippen LogP contribution < -0.4 is 10.1 Å². The van der Waals surface area contributed by atoms with E-state index in [0.717, 1.165) is 16.2 Å². The number of nitrogens with zero attached hydrogens (tertiary/aromatic N) is 1. The van der Waals surface area contributed by atoms with Crippen molar-refractivity contribution in [3.63, 3.8) is 0 Å². The monoisotopic (exact) mass is 336 g/mol. The van der Waals surface area contributed by atoms with Crippen LogP contribution in [0, 0.1) is 6.92 Å². The number of amides is 3. The van der Waals surface area contributed by atoms with E-state index >= 15 is 0 Å². The van der Waals surface area contributed by atoms with Crippen LogP contribution in [0.2, 0.25) is 0 Å². The van der Waals surface area contributed by atoms with E-state index < -0.39 is 17.7 Å². The largest absolute Gasteiger partial charge is 0.491 e. The van der Waals surface area contributed by atoms with Gasteiger partial charge in [0.05, 0.1) is 6.54 Å². The zero-order valence-corrected chi connectivity index (χ0v) is 13.8. The lowest BCUT2D eigenvalue weighted by Crippen LogP contribution is -2.47. The third-order valence-corrected chi connectivity index (χ3v) is 5.31. The molecule has 3 rings (SSSR count). The number of benzene rings is 1. The minimum Gasteiger partial charge on any atom is -0.491 e. The Labute approximate surface area is 139 Å². The number of ether oxygens (including phenoxy) is 1. The fraction of sp³-hybridized carbons (Fsp3) is 0.500. The minimum absolute atomic E-state index is 0.0296. The minimum atomic E-state index is -0.921. The van der Waals surface area contributed by atoms with Gasteiger partial charge in [0.15, 0.2) is 0 Å². The molecule has 2 fully saturated rings. The van der Waals surface area contributed by atoms with Gasteiger partial charge in [-0.05, 0) is 31.2 Å². The maximum Gasteiger partial charge on any atom is 0.325 e. The lowest BCUT2D eigenvalue weighted by molar-refractivity contribution is -0.131. The molecule has 0 aromatic heterocycles. The van der Waals surface area contributed by atoms with Gasteiger partial charge in [-0.25, -0.2) is 4.79 Å². The molecule has 2 aliphatic rings. The molecule has 2 saturated heterocycles. The van der Waals surface area contributed by atoms with Gasteiger partial charge in [0.25, 0.3) is 5.91 Å². The summed E-state index contributed by atoms with van der Waals surface area (Å²) in [4.78, 5) is 25.6. The van der Waals surface area contributed by atoms with E-state index in [1.807, 2.05) is 31.2 Å². The Balaban J connectivity index is 1.55. The van der Waals surface area contributed by atoms with Crippen molar-refractivity contribution in [3.8, 4) is 5.75 Å². The molecule has 124 valence electrons. The second-order valence-corrected chi connectivity index (χ2v) is 7.11. The van der Waals surface area contributed by atoms with Gasteiger partial charge in [-0.1, -0.05) is 17.7 Å². The Bertz CT molecular complexity index is 599. The van der Waals surface area contributed by atoms with Crippen molar-refractivity contribution in [2.75, 3.05) is 24.7 Å². The van der Waals surface area contributed by atoms with Crippen LogP contribution in [0.5, 0.6) is 5.75 Å². The van der Waals surface area contributed by atoms with Crippen LogP contribution in [-0.2, 0) is 4.79 Å². The molecule has 2 heterocycles. The molecule has 1 spiro atoms. The fourth-order valence-corrected chi connectivity index (χ4v) is 4.09. The Morgan fingerprint density at radius 1 is 1.39 bits per heavy atom. The highest BCUT2D eigenvalue weighted by atomic mass is 32.2. The molecule has 23 heavy (non-hydrogen) atoms. The summed E-state index contributed by atoms with van der Waals surface area (Å²) in [5.74, 6) is 1.88. The summed E-state index contributed by atoms with van der Waals surface area (Å²) in [6.45, 7) is 1.96. The summed E-state index contributed by atoms with van der Waals surface area (Å²) in [5, 5.41) is 12.9. The smallest absolute Gasteiger partial charge is 0.325 e. The van der Waals surface area contributed by atoms with Gasteiger partial charge < -0.3 is 15.2 Å². The number of carbonyl (C=O) groups excluding carboxylic acids is 2. The van der Waals surface area contributed by atoms with Crippen molar-refractivity contribution in [2.24, 2.45) is 0 Å². The van der Waals surface area contributed by atoms with Crippen molar-refractivity contribution >= 4 is 23.7 Å². The Morgan fingerprint density at radius 3 is 2.78 bits per heavy atom. The van der Waals surface area contributed by atoms with E-state index in [9.17, 15) is 14.7 Å². The molecule has 1 aromatic rings. The quantitative estimate of drug-likeness (QED) is 0.789. The van der Waals surface area contributed by atoms with E-state index in [1.54, 1.807) is 11.8 Å². The average Bonchev–Trinajstić information content (AvgIpc) is 3.08. The van der Waals surface area contributed by atoms with Gasteiger partial charge >= 0.3 is 6.03 Å². The summed E-state index contributed by atoms with van der Waals surface area (Å²) >= 11 is 1.66. The van der Waals surface area contributed by atoms with Crippen molar-refractivity contribution in [3.05, 3.63) is 29.8 Å². The molecule has 6 nitrogen and oxygen atoms in total.